The van der Waals surface area contributed by atoms with Crippen LogP contribution < -0.4 is 5.32 Å². The minimum atomic E-state index is 0.0545. The summed E-state index contributed by atoms with van der Waals surface area (Å²) >= 11 is 12.1. The second-order valence-electron chi connectivity index (χ2n) is 5.54. The number of benzene rings is 1. The maximum atomic E-state index is 6.17. The molecule has 2 rings (SSSR count). The first kappa shape index (κ1) is 13.7. The van der Waals surface area contributed by atoms with Gasteiger partial charge in [0.25, 0.3) is 0 Å². The van der Waals surface area contributed by atoms with Crippen LogP contribution >= 0.6 is 23.2 Å². The number of furan rings is 1. The summed E-state index contributed by atoms with van der Waals surface area (Å²) in [5.41, 5.74) is 0.783. The fraction of sp³-hybridized carbons (Fsp3) is 0.429. The van der Waals surface area contributed by atoms with Gasteiger partial charge in [0.2, 0.25) is 0 Å². The SMILES string of the molecule is CNC(c1cc2c(Cl)cc(Cl)cc2o1)C(C)(C)C. The fourth-order valence-corrected chi connectivity index (χ4v) is 2.76. The van der Waals surface area contributed by atoms with Gasteiger partial charge in [-0.25, -0.2) is 0 Å². The molecule has 98 valence electrons. The topological polar surface area (TPSA) is 25.2 Å². The summed E-state index contributed by atoms with van der Waals surface area (Å²) in [4.78, 5) is 0. The summed E-state index contributed by atoms with van der Waals surface area (Å²) in [6, 6.07) is 5.64. The molecular weight excluding hydrogens is 269 g/mol. The molecule has 1 atom stereocenters. The van der Waals surface area contributed by atoms with Gasteiger partial charge in [-0.1, -0.05) is 44.0 Å². The van der Waals surface area contributed by atoms with Crippen LogP contribution in [0.2, 0.25) is 10.0 Å². The van der Waals surface area contributed by atoms with E-state index < -0.39 is 0 Å². The molecule has 2 aromatic rings. The van der Waals surface area contributed by atoms with Crippen molar-refractivity contribution in [2.24, 2.45) is 5.41 Å². The lowest BCUT2D eigenvalue weighted by atomic mass is 9.85. The van der Waals surface area contributed by atoms with E-state index in [1.165, 1.54) is 0 Å². The molecule has 0 amide bonds. The van der Waals surface area contributed by atoms with Gasteiger partial charge in [-0.2, -0.15) is 0 Å². The first-order chi connectivity index (χ1) is 8.32. The van der Waals surface area contributed by atoms with E-state index in [0.29, 0.717) is 10.0 Å². The van der Waals surface area contributed by atoms with Crippen molar-refractivity contribution in [3.63, 3.8) is 0 Å². The number of fused-ring (bicyclic) bond motifs is 1. The maximum Gasteiger partial charge on any atom is 0.137 e. The monoisotopic (exact) mass is 285 g/mol. The predicted octanol–water partition coefficient (Wildman–Crippen LogP) is 5.05. The van der Waals surface area contributed by atoms with Crippen LogP contribution in [-0.2, 0) is 0 Å². The average molecular weight is 286 g/mol. The Morgan fingerprint density at radius 2 is 1.83 bits per heavy atom. The lowest BCUT2D eigenvalue weighted by molar-refractivity contribution is 0.253. The van der Waals surface area contributed by atoms with Crippen molar-refractivity contribution in [2.45, 2.75) is 26.8 Å². The van der Waals surface area contributed by atoms with Gasteiger partial charge in [0.1, 0.15) is 11.3 Å². The van der Waals surface area contributed by atoms with E-state index in [4.69, 9.17) is 27.6 Å². The summed E-state index contributed by atoms with van der Waals surface area (Å²) in [6.07, 6.45) is 0. The molecule has 1 N–H and O–H groups in total. The van der Waals surface area contributed by atoms with Gasteiger partial charge in [-0.05, 0) is 24.6 Å². The van der Waals surface area contributed by atoms with Crippen molar-refractivity contribution in [3.05, 3.63) is 34.0 Å². The van der Waals surface area contributed by atoms with E-state index in [0.717, 1.165) is 16.7 Å². The minimum Gasteiger partial charge on any atom is -0.459 e. The molecule has 1 aromatic carbocycles. The Labute approximate surface area is 117 Å². The van der Waals surface area contributed by atoms with Crippen molar-refractivity contribution in [1.29, 1.82) is 0 Å². The van der Waals surface area contributed by atoms with Crippen LogP contribution in [0.4, 0.5) is 0 Å². The second-order valence-corrected chi connectivity index (χ2v) is 6.38. The fourth-order valence-electron chi connectivity index (χ4n) is 2.23. The Morgan fingerprint density at radius 1 is 1.17 bits per heavy atom. The molecule has 0 spiro atoms. The average Bonchev–Trinajstić information content (AvgIpc) is 2.59. The number of nitrogens with one attached hydrogen (secondary N) is 1. The highest BCUT2D eigenvalue weighted by atomic mass is 35.5. The molecule has 18 heavy (non-hydrogen) atoms. The van der Waals surface area contributed by atoms with Gasteiger partial charge >= 0.3 is 0 Å². The van der Waals surface area contributed by atoms with Gasteiger partial charge in [0, 0.05) is 16.5 Å². The Morgan fingerprint density at radius 3 is 2.39 bits per heavy atom. The number of halogens is 2. The third-order valence-electron chi connectivity index (χ3n) is 3.01. The molecule has 0 aliphatic rings. The van der Waals surface area contributed by atoms with Gasteiger partial charge in [-0.15, -0.1) is 0 Å². The van der Waals surface area contributed by atoms with E-state index >= 15 is 0 Å². The Bertz CT molecular complexity index is 569. The highest BCUT2D eigenvalue weighted by Crippen LogP contribution is 2.38. The van der Waals surface area contributed by atoms with E-state index in [-0.39, 0.29) is 11.5 Å². The standard InChI is InChI=1S/C14H17Cl2NO/c1-14(2,3)13(17-4)12-7-9-10(16)5-8(15)6-11(9)18-12/h5-7,13,17H,1-4H3. The molecule has 1 heterocycles. The number of hydrogen-bond acceptors (Lipinski definition) is 2. The first-order valence-electron chi connectivity index (χ1n) is 5.88. The molecule has 0 aliphatic heterocycles. The first-order valence-corrected chi connectivity index (χ1v) is 6.64. The van der Waals surface area contributed by atoms with Crippen LogP contribution in [0.5, 0.6) is 0 Å². The molecule has 4 heteroatoms. The third kappa shape index (κ3) is 2.51. The van der Waals surface area contributed by atoms with Crippen molar-refractivity contribution in [3.8, 4) is 0 Å². The van der Waals surface area contributed by atoms with Crippen LogP contribution in [0.3, 0.4) is 0 Å². The zero-order valence-corrected chi connectivity index (χ0v) is 12.5. The summed E-state index contributed by atoms with van der Waals surface area (Å²) in [5.74, 6) is 0.879. The molecule has 0 aliphatic carbocycles. The third-order valence-corrected chi connectivity index (χ3v) is 3.54. The summed E-state index contributed by atoms with van der Waals surface area (Å²) in [6.45, 7) is 6.49. The van der Waals surface area contributed by atoms with Gasteiger partial charge < -0.3 is 9.73 Å². The predicted molar refractivity (Wildman–Crippen MR) is 77.5 cm³/mol. The Hall–Kier alpha value is -0.700. The van der Waals surface area contributed by atoms with E-state index in [9.17, 15) is 0 Å². The van der Waals surface area contributed by atoms with Crippen LogP contribution in [-0.4, -0.2) is 7.05 Å². The molecule has 1 aromatic heterocycles. The van der Waals surface area contributed by atoms with Crippen LogP contribution in [0, 0.1) is 5.41 Å². The van der Waals surface area contributed by atoms with Gasteiger partial charge in [0.05, 0.1) is 11.1 Å². The molecule has 0 fully saturated rings. The lowest BCUT2D eigenvalue weighted by Gasteiger charge is -2.28. The molecule has 2 nitrogen and oxygen atoms in total. The Balaban J connectivity index is 2.56. The zero-order valence-electron chi connectivity index (χ0n) is 11.0. The highest BCUT2D eigenvalue weighted by Gasteiger charge is 2.28. The van der Waals surface area contributed by atoms with Gasteiger partial charge in [-0.3, -0.25) is 0 Å². The van der Waals surface area contributed by atoms with Crippen LogP contribution in [0.1, 0.15) is 32.6 Å². The quantitative estimate of drug-likeness (QED) is 0.836. The lowest BCUT2D eigenvalue weighted by Crippen LogP contribution is -2.29. The van der Waals surface area contributed by atoms with Crippen molar-refractivity contribution in [1.82, 2.24) is 5.32 Å². The van der Waals surface area contributed by atoms with E-state index in [1.54, 1.807) is 12.1 Å². The molecule has 1 unspecified atom stereocenters. The smallest absolute Gasteiger partial charge is 0.137 e. The van der Waals surface area contributed by atoms with Crippen molar-refractivity contribution in [2.75, 3.05) is 7.05 Å². The van der Waals surface area contributed by atoms with E-state index in [1.807, 2.05) is 13.1 Å². The van der Waals surface area contributed by atoms with Crippen LogP contribution in [0.15, 0.2) is 22.6 Å². The highest BCUT2D eigenvalue weighted by molar-refractivity contribution is 6.38. The Kier molecular flexibility index (Phi) is 3.63. The molecule has 0 saturated heterocycles. The summed E-state index contributed by atoms with van der Waals surface area (Å²) < 4.78 is 5.88. The van der Waals surface area contributed by atoms with Crippen molar-refractivity contribution < 1.29 is 4.42 Å². The van der Waals surface area contributed by atoms with Crippen molar-refractivity contribution >= 4 is 34.2 Å². The molecular formula is C14H17Cl2NO. The molecule has 0 bridgehead atoms. The van der Waals surface area contributed by atoms with Gasteiger partial charge in [0.15, 0.2) is 0 Å². The summed E-state index contributed by atoms with van der Waals surface area (Å²) in [7, 11) is 1.93. The minimum absolute atomic E-state index is 0.0545. The second kappa shape index (κ2) is 4.76. The largest absolute Gasteiger partial charge is 0.459 e. The molecule has 0 radical (unpaired) electrons. The number of hydrogen-bond donors (Lipinski definition) is 1. The van der Waals surface area contributed by atoms with Crippen LogP contribution in [0.25, 0.3) is 11.0 Å². The van der Waals surface area contributed by atoms with E-state index in [2.05, 4.69) is 26.1 Å². The summed E-state index contributed by atoms with van der Waals surface area (Å²) in [5, 5.41) is 5.40. The molecule has 0 saturated carbocycles. The normalized spacial score (nSPS) is 14.1. The number of rotatable bonds is 2. The maximum absolute atomic E-state index is 6.17. The zero-order chi connectivity index (χ0) is 13.5.